The molecule has 118 valence electrons. The molecule has 0 radical (unpaired) electrons. The van der Waals surface area contributed by atoms with Crippen LogP contribution in [0.2, 0.25) is 0 Å². The van der Waals surface area contributed by atoms with Crippen LogP contribution in [0.1, 0.15) is 26.7 Å². The fraction of sp³-hybridized carbons (Fsp3) is 0.733. The second-order valence-electron chi connectivity index (χ2n) is 5.34. The summed E-state index contributed by atoms with van der Waals surface area (Å²) in [6.07, 6.45) is 6.35. The van der Waals surface area contributed by atoms with E-state index in [1.165, 1.54) is 19.4 Å². The molecule has 0 spiro atoms. The van der Waals surface area contributed by atoms with E-state index >= 15 is 0 Å². The highest BCUT2D eigenvalue weighted by Crippen LogP contribution is 2.16. The van der Waals surface area contributed by atoms with Gasteiger partial charge < -0.3 is 10.6 Å². The molecule has 1 aromatic heterocycles. The van der Waals surface area contributed by atoms with Gasteiger partial charge >= 0.3 is 0 Å². The third kappa shape index (κ3) is 5.04. The van der Waals surface area contributed by atoms with Crippen molar-refractivity contribution in [2.75, 3.05) is 32.7 Å². The van der Waals surface area contributed by atoms with Gasteiger partial charge in [0, 0.05) is 31.5 Å². The van der Waals surface area contributed by atoms with Crippen LogP contribution in [-0.4, -0.2) is 59.4 Å². The van der Waals surface area contributed by atoms with E-state index in [2.05, 4.69) is 34.5 Å². The Morgan fingerprint density at radius 2 is 2.29 bits per heavy atom. The molecule has 1 unspecified atom stereocenters. The minimum Gasteiger partial charge on any atom is -0.357 e. The molecule has 21 heavy (non-hydrogen) atoms. The zero-order valence-electron chi connectivity index (χ0n) is 13.3. The monoisotopic (exact) mass is 292 g/mol. The lowest BCUT2D eigenvalue weighted by Gasteiger charge is -2.21. The maximum atomic E-state index is 4.74. The molecule has 1 aromatic rings. The van der Waals surface area contributed by atoms with Gasteiger partial charge in [-0.25, -0.2) is 0 Å². The van der Waals surface area contributed by atoms with Gasteiger partial charge in [0.05, 0.1) is 13.1 Å². The van der Waals surface area contributed by atoms with Crippen molar-refractivity contribution >= 4 is 5.96 Å². The van der Waals surface area contributed by atoms with Crippen molar-refractivity contribution in [3.8, 4) is 0 Å². The van der Waals surface area contributed by atoms with Gasteiger partial charge in [0.15, 0.2) is 5.96 Å². The molecule has 0 aromatic carbocycles. The molecular formula is C15H28N6. The first-order chi connectivity index (χ1) is 10.3. The molecule has 1 fully saturated rings. The summed E-state index contributed by atoms with van der Waals surface area (Å²) in [7, 11) is 0. The number of likely N-dealkylation sites (N-methyl/N-ethyl adjacent to an activating group) is 1. The number of nitrogens with one attached hydrogen (secondary N) is 2. The molecule has 1 atom stereocenters. The topological polar surface area (TPSA) is 57.5 Å². The van der Waals surface area contributed by atoms with Crippen LogP contribution in [0.3, 0.4) is 0 Å². The van der Waals surface area contributed by atoms with Gasteiger partial charge in [0.25, 0.3) is 0 Å². The first-order valence-corrected chi connectivity index (χ1v) is 8.07. The lowest BCUT2D eigenvalue weighted by Crippen LogP contribution is -2.40. The summed E-state index contributed by atoms with van der Waals surface area (Å²) in [5.41, 5.74) is 0. The summed E-state index contributed by atoms with van der Waals surface area (Å²) < 4.78 is 1.92. The van der Waals surface area contributed by atoms with E-state index < -0.39 is 0 Å². The fourth-order valence-electron chi connectivity index (χ4n) is 2.78. The number of nitrogens with zero attached hydrogens (tertiary/aromatic N) is 4. The van der Waals surface area contributed by atoms with Crippen molar-refractivity contribution < 1.29 is 0 Å². The molecule has 1 aliphatic heterocycles. The Morgan fingerprint density at radius 1 is 1.38 bits per heavy atom. The summed E-state index contributed by atoms with van der Waals surface area (Å²) in [5.74, 6) is 0.910. The highest BCUT2D eigenvalue weighted by atomic mass is 15.3. The summed E-state index contributed by atoms with van der Waals surface area (Å²) >= 11 is 0. The van der Waals surface area contributed by atoms with E-state index in [0.717, 1.165) is 38.7 Å². The summed E-state index contributed by atoms with van der Waals surface area (Å²) in [4.78, 5) is 7.26. The molecule has 0 aliphatic carbocycles. The number of likely N-dealkylation sites (tertiary alicyclic amines) is 1. The Kier molecular flexibility index (Phi) is 6.53. The Labute approximate surface area is 127 Å². The average Bonchev–Trinajstić information content (AvgIpc) is 3.15. The van der Waals surface area contributed by atoms with Gasteiger partial charge in [-0.05, 0) is 38.9 Å². The molecular weight excluding hydrogens is 264 g/mol. The van der Waals surface area contributed by atoms with Crippen molar-refractivity contribution in [1.29, 1.82) is 0 Å². The Balaban J connectivity index is 1.78. The van der Waals surface area contributed by atoms with E-state index in [9.17, 15) is 0 Å². The van der Waals surface area contributed by atoms with Crippen molar-refractivity contribution in [3.63, 3.8) is 0 Å². The third-order valence-electron chi connectivity index (χ3n) is 3.90. The zero-order valence-corrected chi connectivity index (χ0v) is 13.3. The van der Waals surface area contributed by atoms with Crippen LogP contribution in [0.25, 0.3) is 0 Å². The highest BCUT2D eigenvalue weighted by molar-refractivity contribution is 5.79. The van der Waals surface area contributed by atoms with Crippen molar-refractivity contribution in [2.45, 2.75) is 39.3 Å². The number of hydrogen-bond acceptors (Lipinski definition) is 3. The molecule has 2 N–H and O–H groups in total. The third-order valence-corrected chi connectivity index (χ3v) is 3.90. The summed E-state index contributed by atoms with van der Waals surface area (Å²) in [5, 5.41) is 10.9. The lowest BCUT2D eigenvalue weighted by molar-refractivity contribution is 0.273. The second-order valence-corrected chi connectivity index (χ2v) is 5.34. The zero-order chi connectivity index (χ0) is 14.9. The minimum atomic E-state index is 0.608. The molecule has 0 amide bonds. The summed E-state index contributed by atoms with van der Waals surface area (Å²) in [6.45, 7) is 10.1. The van der Waals surface area contributed by atoms with Crippen LogP contribution in [0.4, 0.5) is 0 Å². The average molecular weight is 292 g/mol. The van der Waals surface area contributed by atoms with Crippen molar-refractivity contribution in [1.82, 2.24) is 25.3 Å². The molecule has 1 aliphatic rings. The van der Waals surface area contributed by atoms with Gasteiger partial charge in [-0.2, -0.15) is 5.10 Å². The van der Waals surface area contributed by atoms with Crippen LogP contribution in [0, 0.1) is 0 Å². The van der Waals surface area contributed by atoms with Crippen LogP contribution in [0.15, 0.2) is 23.5 Å². The number of rotatable bonds is 7. The van der Waals surface area contributed by atoms with Crippen LogP contribution in [0.5, 0.6) is 0 Å². The SMILES string of the molecule is CCNC(=NCC1CCCN1CC)NCCn1cccn1. The molecule has 6 heteroatoms. The van der Waals surface area contributed by atoms with Gasteiger partial charge in [0.2, 0.25) is 0 Å². The molecule has 6 nitrogen and oxygen atoms in total. The van der Waals surface area contributed by atoms with Crippen molar-refractivity contribution in [3.05, 3.63) is 18.5 Å². The maximum absolute atomic E-state index is 4.74. The molecule has 2 rings (SSSR count). The lowest BCUT2D eigenvalue weighted by atomic mass is 10.2. The largest absolute Gasteiger partial charge is 0.357 e. The van der Waals surface area contributed by atoms with Crippen molar-refractivity contribution in [2.24, 2.45) is 4.99 Å². The molecule has 0 bridgehead atoms. The second kappa shape index (κ2) is 8.67. The Morgan fingerprint density at radius 3 is 3.00 bits per heavy atom. The van der Waals surface area contributed by atoms with E-state index in [1.54, 1.807) is 6.20 Å². The molecule has 2 heterocycles. The first-order valence-electron chi connectivity index (χ1n) is 8.07. The Bertz CT molecular complexity index is 414. The van der Waals surface area contributed by atoms with E-state index in [4.69, 9.17) is 4.99 Å². The number of guanidine groups is 1. The van der Waals surface area contributed by atoms with Crippen LogP contribution < -0.4 is 10.6 Å². The number of hydrogen-bond donors (Lipinski definition) is 2. The Hall–Kier alpha value is -1.56. The predicted octanol–water partition coefficient (Wildman–Crippen LogP) is 0.923. The normalized spacial score (nSPS) is 19.9. The van der Waals surface area contributed by atoms with E-state index in [0.29, 0.717) is 6.04 Å². The quantitative estimate of drug-likeness (QED) is 0.580. The predicted molar refractivity (Wildman–Crippen MR) is 86.5 cm³/mol. The highest BCUT2D eigenvalue weighted by Gasteiger charge is 2.22. The minimum absolute atomic E-state index is 0.608. The van der Waals surface area contributed by atoms with Gasteiger partial charge in [0.1, 0.15) is 0 Å². The van der Waals surface area contributed by atoms with Gasteiger partial charge in [-0.1, -0.05) is 6.92 Å². The van der Waals surface area contributed by atoms with E-state index in [1.807, 2.05) is 16.9 Å². The number of aliphatic imine (C=N–C) groups is 1. The maximum Gasteiger partial charge on any atom is 0.191 e. The van der Waals surface area contributed by atoms with Crippen LogP contribution in [-0.2, 0) is 6.54 Å². The smallest absolute Gasteiger partial charge is 0.191 e. The van der Waals surface area contributed by atoms with Gasteiger partial charge in [-0.3, -0.25) is 14.6 Å². The molecule has 1 saturated heterocycles. The number of aromatic nitrogens is 2. The standard InChI is InChI=1S/C15H28N6/c1-3-16-15(17-9-12-21-11-6-8-19-21)18-13-14-7-5-10-20(14)4-2/h6,8,11,14H,3-5,7,9-10,12-13H2,1-2H3,(H2,16,17,18). The van der Waals surface area contributed by atoms with Crippen LogP contribution >= 0.6 is 0 Å². The van der Waals surface area contributed by atoms with Gasteiger partial charge in [-0.15, -0.1) is 0 Å². The summed E-state index contributed by atoms with van der Waals surface area (Å²) in [6, 6.07) is 2.55. The molecule has 0 saturated carbocycles. The fourth-order valence-corrected chi connectivity index (χ4v) is 2.78. The van der Waals surface area contributed by atoms with E-state index in [-0.39, 0.29) is 0 Å². The first kappa shape index (κ1) is 15.8.